The molecule has 0 aliphatic heterocycles. The van der Waals surface area contributed by atoms with Crippen molar-refractivity contribution in [3.8, 4) is 0 Å². The molecule has 1 aliphatic carbocycles. The molecule has 1 heterocycles. The lowest BCUT2D eigenvalue weighted by Crippen LogP contribution is -2.25. The molecule has 0 bridgehead atoms. The van der Waals surface area contributed by atoms with E-state index in [2.05, 4.69) is 35.4 Å². The number of aromatic amines is 1. The Balaban J connectivity index is 2.06. The van der Waals surface area contributed by atoms with Crippen LogP contribution in [0.3, 0.4) is 0 Å². The average molecular weight is 313 g/mol. The highest BCUT2D eigenvalue weighted by molar-refractivity contribution is 6.03. The molecule has 0 unspecified atom stereocenters. The molecule has 2 aromatic rings. The zero-order chi connectivity index (χ0) is 16.2. The fourth-order valence-electron chi connectivity index (χ4n) is 3.33. The van der Waals surface area contributed by atoms with Crippen LogP contribution in [0.4, 0.5) is 5.69 Å². The first-order valence-corrected chi connectivity index (χ1v) is 8.57. The van der Waals surface area contributed by atoms with E-state index in [-0.39, 0.29) is 5.97 Å². The van der Waals surface area contributed by atoms with Crippen molar-refractivity contribution in [3.05, 3.63) is 35.5 Å². The summed E-state index contributed by atoms with van der Waals surface area (Å²) in [5.74, 6) is -0.273. The summed E-state index contributed by atoms with van der Waals surface area (Å²) >= 11 is 0. The molecule has 23 heavy (non-hydrogen) atoms. The summed E-state index contributed by atoms with van der Waals surface area (Å²) in [4.78, 5) is 15.6. The monoisotopic (exact) mass is 313 g/mol. The van der Waals surface area contributed by atoms with Crippen LogP contribution in [0.2, 0.25) is 0 Å². The number of anilines is 1. The van der Waals surface area contributed by atoms with Crippen LogP contribution in [-0.4, -0.2) is 18.6 Å². The maximum absolute atomic E-state index is 12.4. The molecule has 0 radical (unpaired) electrons. The van der Waals surface area contributed by atoms with Crippen LogP contribution in [0.5, 0.6) is 0 Å². The molecule has 1 aromatic heterocycles. The molecule has 4 heteroatoms. The Hall–Kier alpha value is -2.10. The van der Waals surface area contributed by atoms with E-state index >= 15 is 0 Å². The molecule has 1 fully saturated rings. The van der Waals surface area contributed by atoms with Gasteiger partial charge in [-0.3, -0.25) is 0 Å². The van der Waals surface area contributed by atoms with Crippen molar-refractivity contribution in [2.45, 2.75) is 52.0 Å². The van der Waals surface area contributed by atoms with Crippen LogP contribution < -0.4 is 10.3 Å². The first-order chi connectivity index (χ1) is 11.2. The van der Waals surface area contributed by atoms with Gasteiger partial charge in [-0.05, 0) is 38.3 Å². The number of pyridine rings is 1. The van der Waals surface area contributed by atoms with Gasteiger partial charge >= 0.3 is 5.97 Å². The number of benzene rings is 1. The molecule has 1 aromatic carbocycles. The van der Waals surface area contributed by atoms with E-state index in [9.17, 15) is 4.79 Å². The molecule has 4 nitrogen and oxygen atoms in total. The number of hydrogen-bond donors (Lipinski definition) is 1. The maximum atomic E-state index is 12.4. The minimum atomic E-state index is -0.273. The van der Waals surface area contributed by atoms with Gasteiger partial charge in [-0.1, -0.05) is 25.3 Å². The summed E-state index contributed by atoms with van der Waals surface area (Å²) in [7, 11) is 0. The second-order valence-corrected chi connectivity index (χ2v) is 6.33. The fraction of sp³-hybridized carbons (Fsp3) is 0.474. The third kappa shape index (κ3) is 3.46. The Bertz CT molecular complexity index is 706. The van der Waals surface area contributed by atoms with Gasteiger partial charge in [0.25, 0.3) is 0 Å². The van der Waals surface area contributed by atoms with Crippen LogP contribution in [0, 0.1) is 6.92 Å². The Labute approximate surface area is 137 Å². The number of aromatic nitrogens is 1. The van der Waals surface area contributed by atoms with E-state index in [4.69, 9.17) is 4.74 Å². The number of rotatable bonds is 4. The van der Waals surface area contributed by atoms with Gasteiger partial charge in [0.2, 0.25) is 5.52 Å². The van der Waals surface area contributed by atoms with Crippen LogP contribution in [-0.2, 0) is 4.74 Å². The number of carbonyl (C=O) groups excluding carboxylic acids is 1. The largest absolute Gasteiger partial charge is 0.462 e. The fourth-order valence-corrected chi connectivity index (χ4v) is 3.33. The Morgan fingerprint density at radius 3 is 2.83 bits per heavy atom. The lowest BCUT2D eigenvalue weighted by Gasteiger charge is -2.25. The zero-order valence-corrected chi connectivity index (χ0v) is 13.9. The Morgan fingerprint density at radius 1 is 1.30 bits per heavy atom. The van der Waals surface area contributed by atoms with Crippen LogP contribution in [0.25, 0.3) is 10.9 Å². The second kappa shape index (κ2) is 6.99. The van der Waals surface area contributed by atoms with Gasteiger partial charge in [-0.15, -0.1) is 0 Å². The molecule has 0 spiro atoms. The number of carbonyl (C=O) groups is 1. The van der Waals surface area contributed by atoms with Gasteiger partial charge in [0.15, 0.2) is 6.20 Å². The molecule has 122 valence electrons. The van der Waals surface area contributed by atoms with Crippen molar-refractivity contribution in [1.29, 1.82) is 0 Å². The van der Waals surface area contributed by atoms with Crippen LogP contribution in [0.15, 0.2) is 24.4 Å². The minimum Gasteiger partial charge on any atom is -0.462 e. The molecule has 3 rings (SSSR count). The summed E-state index contributed by atoms with van der Waals surface area (Å²) < 4.78 is 5.24. The quantitative estimate of drug-likeness (QED) is 0.871. The molecule has 2 N–H and O–H groups in total. The van der Waals surface area contributed by atoms with Crippen molar-refractivity contribution >= 4 is 22.6 Å². The Kier molecular flexibility index (Phi) is 4.79. The average Bonchev–Trinajstić information content (AvgIpc) is 2.56. The first-order valence-electron chi connectivity index (χ1n) is 8.57. The molecule has 0 saturated heterocycles. The summed E-state index contributed by atoms with van der Waals surface area (Å²) in [5, 5.41) is 4.69. The zero-order valence-electron chi connectivity index (χ0n) is 13.9. The number of hydrogen-bond acceptors (Lipinski definition) is 3. The third-order valence-corrected chi connectivity index (χ3v) is 4.53. The van der Waals surface area contributed by atoms with E-state index < -0.39 is 0 Å². The van der Waals surface area contributed by atoms with Crippen molar-refractivity contribution < 1.29 is 14.5 Å². The number of esters is 1. The highest BCUT2D eigenvalue weighted by Gasteiger charge is 2.23. The van der Waals surface area contributed by atoms with E-state index in [0.717, 1.165) is 29.4 Å². The van der Waals surface area contributed by atoms with E-state index in [1.54, 1.807) is 6.20 Å². The van der Waals surface area contributed by atoms with Crippen molar-refractivity contribution in [3.63, 3.8) is 0 Å². The van der Waals surface area contributed by atoms with Gasteiger partial charge in [-0.25, -0.2) is 9.78 Å². The Morgan fingerprint density at radius 2 is 2.09 bits per heavy atom. The summed E-state index contributed by atoms with van der Waals surface area (Å²) in [6.45, 7) is 4.29. The highest BCUT2D eigenvalue weighted by atomic mass is 16.5. The van der Waals surface area contributed by atoms with Gasteiger partial charge in [-0.2, -0.15) is 0 Å². The predicted octanol–water partition coefficient (Wildman–Crippen LogP) is 3.88. The number of aryl methyl sites for hydroxylation is 1. The van der Waals surface area contributed by atoms with Crippen LogP contribution >= 0.6 is 0 Å². The van der Waals surface area contributed by atoms with Gasteiger partial charge in [0, 0.05) is 12.1 Å². The van der Waals surface area contributed by atoms with Crippen molar-refractivity contribution in [1.82, 2.24) is 0 Å². The number of fused-ring (bicyclic) bond motifs is 1. The van der Waals surface area contributed by atoms with Gasteiger partial charge < -0.3 is 10.1 Å². The van der Waals surface area contributed by atoms with Crippen molar-refractivity contribution in [2.24, 2.45) is 0 Å². The van der Waals surface area contributed by atoms with E-state index in [1.165, 1.54) is 24.8 Å². The maximum Gasteiger partial charge on any atom is 0.346 e. The molecular formula is C19H25N2O2+. The van der Waals surface area contributed by atoms with E-state index in [1.807, 2.05) is 6.92 Å². The SMILES string of the molecule is CCOC(=O)c1c[nH+]c2ccc(C)cc2c1NC1CCCCC1. The highest BCUT2D eigenvalue weighted by Crippen LogP contribution is 2.29. The standard InChI is InChI=1S/C19H24N2O2/c1-3-23-19(22)16-12-20-17-10-9-13(2)11-15(17)18(16)21-14-7-5-4-6-8-14/h9-12,14H,3-8H2,1-2H3,(H,20,21)/p+1. The number of H-pyrrole nitrogens is 1. The lowest BCUT2D eigenvalue weighted by atomic mass is 9.94. The minimum absolute atomic E-state index is 0.273. The lowest BCUT2D eigenvalue weighted by molar-refractivity contribution is -0.344. The third-order valence-electron chi connectivity index (χ3n) is 4.53. The summed E-state index contributed by atoms with van der Waals surface area (Å²) in [6.07, 6.45) is 7.90. The van der Waals surface area contributed by atoms with E-state index in [0.29, 0.717) is 18.2 Å². The van der Waals surface area contributed by atoms with Crippen molar-refractivity contribution in [2.75, 3.05) is 11.9 Å². The molecule has 1 aliphatic rings. The normalized spacial score (nSPS) is 15.6. The number of ether oxygens (including phenoxy) is 1. The molecular weight excluding hydrogens is 288 g/mol. The molecule has 0 atom stereocenters. The molecule has 1 saturated carbocycles. The summed E-state index contributed by atoms with van der Waals surface area (Å²) in [5.41, 5.74) is 3.71. The van der Waals surface area contributed by atoms with Gasteiger partial charge in [0.05, 0.1) is 17.7 Å². The summed E-state index contributed by atoms with van der Waals surface area (Å²) in [6, 6.07) is 6.70. The molecule has 0 amide bonds. The smallest absolute Gasteiger partial charge is 0.346 e. The van der Waals surface area contributed by atoms with Gasteiger partial charge in [0.1, 0.15) is 5.56 Å². The second-order valence-electron chi connectivity index (χ2n) is 6.33. The first kappa shape index (κ1) is 15.8. The number of nitrogens with one attached hydrogen (secondary N) is 2. The van der Waals surface area contributed by atoms with Crippen LogP contribution in [0.1, 0.15) is 54.9 Å². The predicted molar refractivity (Wildman–Crippen MR) is 91.7 cm³/mol. The topological polar surface area (TPSA) is 52.5 Å².